The van der Waals surface area contributed by atoms with Gasteiger partial charge in [-0.1, -0.05) is 103 Å². The third kappa shape index (κ3) is 5.05. The number of hydrogen-bond donors (Lipinski definition) is 0. The van der Waals surface area contributed by atoms with Crippen LogP contribution in [0.3, 0.4) is 0 Å². The molecule has 0 saturated heterocycles. The topological polar surface area (TPSA) is 14.8 Å². The lowest BCUT2D eigenvalue weighted by Crippen LogP contribution is -1.95. The Balaban J connectivity index is 0.876. The zero-order valence-corrected chi connectivity index (χ0v) is 36.5. The standard InChI is InChI=1S/C60H35N3S2/c1-6-16-51-41(11-1)46-31-36(37-22-27-55-47(32-37)42-12-2-7-17-52(42)62(55)39-24-29-59-49(34-39)44-14-4-9-19-57(44)64-59)21-26-54(46)61(51)38-23-28-56-48(33-38)43-13-3-8-18-53(43)63(56)40-25-30-60-50(35-40)45-15-5-10-20-58(45)65-60/h1-35H. The smallest absolute Gasteiger partial charge is 0.0542 e. The first-order valence-corrected chi connectivity index (χ1v) is 23.8. The second-order valence-corrected chi connectivity index (χ2v) is 19.4. The molecule has 5 aromatic heterocycles. The molecule has 0 fully saturated rings. The van der Waals surface area contributed by atoms with Gasteiger partial charge in [0.25, 0.3) is 0 Å². The average Bonchev–Trinajstić information content (AvgIpc) is 4.17. The van der Waals surface area contributed by atoms with Crippen molar-refractivity contribution in [2.45, 2.75) is 0 Å². The first kappa shape index (κ1) is 35.5. The molecule has 10 aromatic carbocycles. The SMILES string of the molecule is c1ccc2c(c1)sc1ccc(-n3c4ccccc4c4cc(-c5ccc6c(c5)c5ccccc5n6-c5ccc6c(c5)c5ccccc5n6-c5ccc6sc7ccccc7c6c5)ccc43)cc12. The van der Waals surface area contributed by atoms with E-state index in [1.54, 1.807) is 0 Å². The van der Waals surface area contributed by atoms with Crippen LogP contribution in [0.1, 0.15) is 0 Å². The van der Waals surface area contributed by atoms with Gasteiger partial charge in [0.05, 0.1) is 33.1 Å². The Morgan fingerprint density at radius 1 is 0.215 bits per heavy atom. The second kappa shape index (κ2) is 13.3. The van der Waals surface area contributed by atoms with E-state index in [0.717, 1.165) is 5.69 Å². The molecule has 0 atom stereocenters. The Hall–Kier alpha value is -7.96. The maximum Gasteiger partial charge on any atom is 0.0542 e. The summed E-state index contributed by atoms with van der Waals surface area (Å²) >= 11 is 3.73. The first-order valence-electron chi connectivity index (χ1n) is 22.2. The fraction of sp³-hybridized carbons (Fsp3) is 0. The molecule has 5 heterocycles. The highest BCUT2D eigenvalue weighted by molar-refractivity contribution is 7.26. The van der Waals surface area contributed by atoms with Gasteiger partial charge in [-0.2, -0.15) is 0 Å². The van der Waals surface area contributed by atoms with Gasteiger partial charge in [0, 0.05) is 89.7 Å². The van der Waals surface area contributed by atoms with E-state index in [1.165, 1.54) is 128 Å². The van der Waals surface area contributed by atoms with Gasteiger partial charge in [0.15, 0.2) is 0 Å². The predicted molar refractivity (Wildman–Crippen MR) is 281 cm³/mol. The van der Waals surface area contributed by atoms with Crippen LogP contribution in [0.25, 0.3) is 134 Å². The van der Waals surface area contributed by atoms with E-state index >= 15 is 0 Å². The summed E-state index contributed by atoms with van der Waals surface area (Å²) in [5.74, 6) is 0. The largest absolute Gasteiger partial charge is 0.309 e. The van der Waals surface area contributed by atoms with Crippen molar-refractivity contribution >= 4 is 128 Å². The quantitative estimate of drug-likeness (QED) is 0.167. The van der Waals surface area contributed by atoms with E-state index in [1.807, 2.05) is 22.7 Å². The Kier molecular flexibility index (Phi) is 7.26. The fourth-order valence-corrected chi connectivity index (χ4v) is 13.1. The van der Waals surface area contributed by atoms with Crippen molar-refractivity contribution in [1.29, 1.82) is 0 Å². The Labute approximate surface area is 380 Å². The molecule has 65 heavy (non-hydrogen) atoms. The van der Waals surface area contributed by atoms with Crippen LogP contribution in [0, 0.1) is 0 Å². The van der Waals surface area contributed by atoms with Crippen LogP contribution in [-0.4, -0.2) is 13.7 Å². The van der Waals surface area contributed by atoms with Gasteiger partial charge in [0.2, 0.25) is 0 Å². The number of fused-ring (bicyclic) bond motifs is 15. The summed E-state index contributed by atoms with van der Waals surface area (Å²) in [5, 5.41) is 12.8. The van der Waals surface area contributed by atoms with Gasteiger partial charge >= 0.3 is 0 Å². The lowest BCUT2D eigenvalue weighted by Gasteiger charge is -2.11. The molecule has 0 bridgehead atoms. The number of para-hydroxylation sites is 3. The fourth-order valence-electron chi connectivity index (χ4n) is 10.9. The maximum atomic E-state index is 2.45. The van der Waals surface area contributed by atoms with Crippen molar-refractivity contribution in [3.05, 3.63) is 212 Å². The molecule has 0 N–H and O–H groups in total. The molecule has 15 rings (SSSR count). The zero-order valence-electron chi connectivity index (χ0n) is 34.9. The van der Waals surface area contributed by atoms with E-state index in [4.69, 9.17) is 0 Å². The van der Waals surface area contributed by atoms with Crippen molar-refractivity contribution in [3.8, 4) is 28.2 Å². The highest BCUT2D eigenvalue weighted by Crippen LogP contribution is 2.42. The molecule has 5 heteroatoms. The van der Waals surface area contributed by atoms with Crippen LogP contribution in [0.5, 0.6) is 0 Å². The highest BCUT2D eigenvalue weighted by Gasteiger charge is 2.19. The summed E-state index contributed by atoms with van der Waals surface area (Å²) in [6.45, 7) is 0. The number of aromatic nitrogens is 3. The predicted octanol–water partition coefficient (Wildman–Crippen LogP) is 17.4. The van der Waals surface area contributed by atoms with Crippen molar-refractivity contribution in [2.24, 2.45) is 0 Å². The molecular weight excluding hydrogens is 827 g/mol. The van der Waals surface area contributed by atoms with Gasteiger partial charge in [0.1, 0.15) is 0 Å². The number of hydrogen-bond acceptors (Lipinski definition) is 2. The summed E-state index contributed by atoms with van der Waals surface area (Å²) in [6.07, 6.45) is 0. The molecule has 0 radical (unpaired) electrons. The second-order valence-electron chi connectivity index (χ2n) is 17.3. The third-order valence-corrected chi connectivity index (χ3v) is 16.1. The average molecular weight is 862 g/mol. The highest BCUT2D eigenvalue weighted by atomic mass is 32.1. The van der Waals surface area contributed by atoms with Crippen LogP contribution in [0.2, 0.25) is 0 Å². The number of thiophene rings is 2. The lowest BCUT2D eigenvalue weighted by molar-refractivity contribution is 1.17. The molecular formula is C60H35N3S2. The minimum Gasteiger partial charge on any atom is -0.309 e. The summed E-state index contributed by atoms with van der Waals surface area (Å²) < 4.78 is 12.6. The van der Waals surface area contributed by atoms with Gasteiger partial charge in [-0.3, -0.25) is 0 Å². The Morgan fingerprint density at radius 3 is 0.969 bits per heavy atom. The van der Waals surface area contributed by atoms with Gasteiger partial charge < -0.3 is 13.7 Å². The van der Waals surface area contributed by atoms with Gasteiger partial charge in [-0.25, -0.2) is 0 Å². The summed E-state index contributed by atoms with van der Waals surface area (Å²) in [6, 6.07) is 79.0. The molecule has 0 aliphatic rings. The molecule has 0 aliphatic carbocycles. The van der Waals surface area contributed by atoms with E-state index in [2.05, 4.69) is 226 Å². The van der Waals surface area contributed by atoms with Gasteiger partial charge in [-0.15, -0.1) is 22.7 Å². The molecule has 0 spiro atoms. The molecule has 0 unspecified atom stereocenters. The molecule has 0 amide bonds. The summed E-state index contributed by atoms with van der Waals surface area (Å²) in [4.78, 5) is 0. The minimum absolute atomic E-state index is 1.15. The number of nitrogens with zero attached hydrogens (tertiary/aromatic N) is 3. The van der Waals surface area contributed by atoms with E-state index in [0.29, 0.717) is 0 Å². The molecule has 0 aliphatic heterocycles. The molecule has 0 saturated carbocycles. The number of rotatable bonds is 4. The minimum atomic E-state index is 1.15. The Morgan fingerprint density at radius 2 is 0.523 bits per heavy atom. The third-order valence-electron chi connectivity index (χ3n) is 13.8. The van der Waals surface area contributed by atoms with Crippen LogP contribution < -0.4 is 0 Å². The van der Waals surface area contributed by atoms with Crippen LogP contribution in [0.15, 0.2) is 212 Å². The summed E-state index contributed by atoms with van der Waals surface area (Å²) in [7, 11) is 0. The van der Waals surface area contributed by atoms with Crippen molar-refractivity contribution in [1.82, 2.24) is 13.7 Å². The van der Waals surface area contributed by atoms with Crippen LogP contribution in [-0.2, 0) is 0 Å². The van der Waals surface area contributed by atoms with E-state index in [9.17, 15) is 0 Å². The van der Waals surface area contributed by atoms with E-state index < -0.39 is 0 Å². The summed E-state index contributed by atoms with van der Waals surface area (Å²) in [5.41, 5.74) is 13.2. The zero-order chi connectivity index (χ0) is 42.3. The van der Waals surface area contributed by atoms with Gasteiger partial charge in [-0.05, 0) is 120 Å². The monoisotopic (exact) mass is 861 g/mol. The molecule has 302 valence electrons. The molecule has 15 aromatic rings. The first-order chi connectivity index (χ1) is 32.2. The Bertz CT molecular complexity index is 4490. The maximum absolute atomic E-state index is 2.45. The normalized spacial score (nSPS) is 12.3. The van der Waals surface area contributed by atoms with Crippen molar-refractivity contribution in [3.63, 3.8) is 0 Å². The van der Waals surface area contributed by atoms with Crippen molar-refractivity contribution < 1.29 is 0 Å². The van der Waals surface area contributed by atoms with E-state index in [-0.39, 0.29) is 0 Å². The van der Waals surface area contributed by atoms with Crippen molar-refractivity contribution in [2.75, 3.05) is 0 Å². The molecule has 3 nitrogen and oxygen atoms in total. The van der Waals surface area contributed by atoms with Crippen LogP contribution >= 0.6 is 22.7 Å². The van der Waals surface area contributed by atoms with Crippen LogP contribution in [0.4, 0.5) is 0 Å². The number of benzene rings is 10. The lowest BCUT2D eigenvalue weighted by atomic mass is 10.0.